The predicted molar refractivity (Wildman–Crippen MR) is 74.5 cm³/mol. The zero-order valence-corrected chi connectivity index (χ0v) is 11.9. The summed E-state index contributed by atoms with van der Waals surface area (Å²) < 4.78 is 0. The van der Waals surface area contributed by atoms with Crippen molar-refractivity contribution in [2.45, 2.75) is 51.6 Å². The maximum atomic E-state index is 4.56. The molecule has 3 aliphatic rings. The zero-order chi connectivity index (χ0) is 12.1. The summed E-state index contributed by atoms with van der Waals surface area (Å²) in [5.74, 6) is 4.22. The Bertz CT molecular complexity index is 441. The third kappa shape index (κ3) is 1.75. The number of hydrogen-bond donors (Lipinski definition) is 1. The van der Waals surface area contributed by atoms with Gasteiger partial charge in [0.05, 0.1) is 10.7 Å². The van der Waals surface area contributed by atoms with Gasteiger partial charge in [-0.15, -0.1) is 11.3 Å². The lowest BCUT2D eigenvalue weighted by Gasteiger charge is -2.32. The second-order valence-electron chi connectivity index (χ2n) is 6.50. The highest BCUT2D eigenvalue weighted by Crippen LogP contribution is 2.58. The van der Waals surface area contributed by atoms with Crippen LogP contribution in [0.5, 0.6) is 0 Å². The fourth-order valence-corrected chi connectivity index (χ4v) is 5.64. The van der Waals surface area contributed by atoms with Gasteiger partial charge in [0.1, 0.15) is 0 Å². The van der Waals surface area contributed by atoms with E-state index >= 15 is 0 Å². The third-order valence-electron chi connectivity index (χ3n) is 5.64. The molecule has 2 bridgehead atoms. The van der Waals surface area contributed by atoms with Crippen LogP contribution in [0, 0.1) is 30.6 Å². The van der Waals surface area contributed by atoms with E-state index in [0.29, 0.717) is 0 Å². The summed E-state index contributed by atoms with van der Waals surface area (Å²) in [7, 11) is 0. The van der Waals surface area contributed by atoms with Gasteiger partial charge in [-0.2, -0.15) is 0 Å². The molecule has 98 valence electrons. The Kier molecular flexibility index (Phi) is 2.73. The molecular formula is C15H22N2S. The van der Waals surface area contributed by atoms with Gasteiger partial charge >= 0.3 is 0 Å². The predicted octanol–water partition coefficient (Wildman–Crippen LogP) is 3.37. The molecule has 3 fully saturated rings. The van der Waals surface area contributed by atoms with Crippen molar-refractivity contribution in [3.05, 3.63) is 16.1 Å². The Hall–Kier alpha value is -0.410. The van der Waals surface area contributed by atoms with E-state index in [4.69, 9.17) is 0 Å². The molecule has 3 saturated carbocycles. The number of nitrogens with zero attached hydrogens (tertiary/aromatic N) is 1. The molecule has 1 heterocycles. The van der Waals surface area contributed by atoms with E-state index < -0.39 is 0 Å². The van der Waals surface area contributed by atoms with Gasteiger partial charge in [-0.1, -0.05) is 6.42 Å². The van der Waals surface area contributed by atoms with E-state index in [1.54, 1.807) is 11.3 Å². The molecule has 0 amide bonds. The van der Waals surface area contributed by atoms with Crippen LogP contribution in [0.4, 0.5) is 0 Å². The monoisotopic (exact) mass is 262 g/mol. The van der Waals surface area contributed by atoms with Crippen molar-refractivity contribution >= 4 is 11.3 Å². The van der Waals surface area contributed by atoms with Crippen LogP contribution in [0.25, 0.3) is 0 Å². The Morgan fingerprint density at radius 2 is 2.17 bits per heavy atom. The fraction of sp³-hybridized carbons (Fsp3) is 0.800. The summed E-state index contributed by atoms with van der Waals surface area (Å²) in [6.45, 7) is 3.07. The largest absolute Gasteiger partial charge is 0.308 e. The van der Waals surface area contributed by atoms with Crippen molar-refractivity contribution in [1.29, 1.82) is 0 Å². The average molecular weight is 262 g/mol. The third-order valence-corrected chi connectivity index (χ3v) is 6.46. The lowest BCUT2D eigenvalue weighted by atomic mass is 9.79. The van der Waals surface area contributed by atoms with Gasteiger partial charge in [-0.05, 0) is 56.3 Å². The lowest BCUT2D eigenvalue weighted by Crippen LogP contribution is -2.38. The maximum absolute atomic E-state index is 4.56. The Morgan fingerprint density at radius 3 is 3.00 bits per heavy atom. The van der Waals surface area contributed by atoms with Gasteiger partial charge in [0.2, 0.25) is 0 Å². The van der Waals surface area contributed by atoms with Crippen molar-refractivity contribution in [1.82, 2.24) is 10.3 Å². The van der Waals surface area contributed by atoms with Crippen LogP contribution in [0.2, 0.25) is 0 Å². The van der Waals surface area contributed by atoms with Crippen LogP contribution < -0.4 is 5.32 Å². The summed E-state index contributed by atoms with van der Waals surface area (Å²) in [6, 6.07) is 0.788. The molecule has 0 aromatic carbocycles. The van der Waals surface area contributed by atoms with Gasteiger partial charge < -0.3 is 5.32 Å². The zero-order valence-electron chi connectivity index (χ0n) is 11.1. The lowest BCUT2D eigenvalue weighted by molar-refractivity contribution is 0.207. The Balaban J connectivity index is 1.39. The van der Waals surface area contributed by atoms with Gasteiger partial charge in [-0.3, -0.25) is 0 Å². The summed E-state index contributed by atoms with van der Waals surface area (Å²) >= 11 is 1.77. The number of aryl methyl sites for hydroxylation is 1. The molecule has 3 heteroatoms. The molecule has 1 aromatic rings. The van der Waals surface area contributed by atoms with Crippen molar-refractivity contribution in [3.8, 4) is 0 Å². The van der Waals surface area contributed by atoms with Crippen LogP contribution in [-0.4, -0.2) is 11.0 Å². The van der Waals surface area contributed by atoms with Crippen molar-refractivity contribution in [2.75, 3.05) is 0 Å². The Morgan fingerprint density at radius 1 is 1.28 bits per heavy atom. The SMILES string of the molecule is Cc1nc(CNC2CC3CC2C2CCCC32)cs1. The quantitative estimate of drug-likeness (QED) is 0.903. The molecule has 1 aromatic heterocycles. The first-order valence-electron chi connectivity index (χ1n) is 7.45. The summed E-state index contributed by atoms with van der Waals surface area (Å²) in [5.41, 5.74) is 1.24. The van der Waals surface area contributed by atoms with Crippen LogP contribution in [0.3, 0.4) is 0 Å². The molecule has 2 nitrogen and oxygen atoms in total. The van der Waals surface area contributed by atoms with E-state index in [9.17, 15) is 0 Å². The van der Waals surface area contributed by atoms with Crippen LogP contribution in [0.1, 0.15) is 42.8 Å². The topological polar surface area (TPSA) is 24.9 Å². The molecule has 5 atom stereocenters. The van der Waals surface area contributed by atoms with Crippen molar-refractivity contribution < 1.29 is 0 Å². The molecule has 5 unspecified atom stereocenters. The second kappa shape index (κ2) is 4.31. The fourth-order valence-electron chi connectivity index (χ4n) is 5.03. The first-order valence-corrected chi connectivity index (χ1v) is 8.33. The molecule has 0 saturated heterocycles. The van der Waals surface area contributed by atoms with Crippen molar-refractivity contribution in [2.24, 2.45) is 23.7 Å². The highest BCUT2D eigenvalue weighted by molar-refractivity contribution is 7.09. The summed E-state index contributed by atoms with van der Waals surface area (Å²) in [5, 5.41) is 7.19. The van der Waals surface area contributed by atoms with Gasteiger partial charge in [0.15, 0.2) is 0 Å². The molecule has 1 N–H and O–H groups in total. The Labute approximate surface area is 113 Å². The highest BCUT2D eigenvalue weighted by atomic mass is 32.1. The minimum Gasteiger partial charge on any atom is -0.308 e. The van der Waals surface area contributed by atoms with Gasteiger partial charge in [-0.25, -0.2) is 4.98 Å². The molecule has 0 aliphatic heterocycles. The minimum absolute atomic E-state index is 0.788. The molecule has 0 spiro atoms. The molecule has 0 radical (unpaired) electrons. The summed E-state index contributed by atoms with van der Waals surface area (Å²) in [4.78, 5) is 4.56. The number of rotatable bonds is 3. The number of hydrogen-bond acceptors (Lipinski definition) is 3. The first-order chi connectivity index (χ1) is 8.81. The number of nitrogens with one attached hydrogen (secondary N) is 1. The van der Waals surface area contributed by atoms with Crippen molar-refractivity contribution in [3.63, 3.8) is 0 Å². The van der Waals surface area contributed by atoms with Crippen LogP contribution in [-0.2, 0) is 6.54 Å². The normalized spacial score (nSPS) is 41.5. The minimum atomic E-state index is 0.788. The van der Waals surface area contributed by atoms with Gasteiger partial charge in [0.25, 0.3) is 0 Å². The molecule has 3 aliphatic carbocycles. The van der Waals surface area contributed by atoms with Crippen LogP contribution >= 0.6 is 11.3 Å². The highest BCUT2D eigenvalue weighted by Gasteiger charge is 2.53. The van der Waals surface area contributed by atoms with E-state index in [-0.39, 0.29) is 0 Å². The standard InChI is InChI=1S/C15H22N2S/c1-9-17-11(8-18-9)7-16-15-6-10-5-14(15)13-4-2-3-12(10)13/h8,10,12-16H,2-7H2,1H3. The van der Waals surface area contributed by atoms with E-state index in [1.165, 1.54) is 42.8 Å². The molecule has 4 rings (SSSR count). The number of aromatic nitrogens is 1. The van der Waals surface area contributed by atoms with E-state index in [0.717, 1.165) is 36.3 Å². The first kappa shape index (κ1) is 11.4. The number of thiazole rings is 1. The average Bonchev–Trinajstić information content (AvgIpc) is 3.08. The second-order valence-corrected chi connectivity index (χ2v) is 7.56. The van der Waals surface area contributed by atoms with E-state index in [2.05, 4.69) is 22.6 Å². The summed E-state index contributed by atoms with van der Waals surface area (Å²) in [6.07, 6.45) is 7.50. The number of fused-ring (bicyclic) bond motifs is 5. The molecule has 18 heavy (non-hydrogen) atoms. The maximum Gasteiger partial charge on any atom is 0.0897 e. The van der Waals surface area contributed by atoms with Crippen LogP contribution in [0.15, 0.2) is 5.38 Å². The van der Waals surface area contributed by atoms with E-state index in [1.807, 2.05) is 0 Å². The van der Waals surface area contributed by atoms with Gasteiger partial charge in [0, 0.05) is 18.0 Å². The smallest absolute Gasteiger partial charge is 0.0897 e. The molecular weight excluding hydrogens is 240 g/mol.